The van der Waals surface area contributed by atoms with Crippen molar-refractivity contribution in [2.24, 2.45) is 0 Å². The molecule has 0 saturated heterocycles. The van der Waals surface area contributed by atoms with Crippen molar-refractivity contribution in [3.63, 3.8) is 0 Å². The fourth-order valence-corrected chi connectivity index (χ4v) is 26.6. The van der Waals surface area contributed by atoms with Gasteiger partial charge in [0.05, 0.1) is 22.4 Å². The molecule has 9 aromatic carbocycles. The lowest BCUT2D eigenvalue weighted by molar-refractivity contribution is 1.37. The largest absolute Gasteiger partial charge is 0.245 e. The molecule has 6 heteroatoms. The van der Waals surface area contributed by atoms with Gasteiger partial charge >= 0.3 is 0 Å². The maximum atomic E-state index is 5.86. The number of rotatable bonds is 4. The topological polar surface area (TPSA) is 25.8 Å². The molecule has 0 aliphatic carbocycles. The summed E-state index contributed by atoms with van der Waals surface area (Å²) < 4.78 is 0. The van der Waals surface area contributed by atoms with E-state index in [2.05, 4.69) is 246 Å². The Bertz CT molecular complexity index is 4050. The van der Waals surface area contributed by atoms with Crippen LogP contribution in [-0.4, -0.2) is 42.3 Å². The van der Waals surface area contributed by atoms with E-state index in [1.54, 1.807) is 0 Å². The summed E-state index contributed by atoms with van der Waals surface area (Å²) >= 11 is 0. The van der Waals surface area contributed by atoms with Crippen molar-refractivity contribution in [1.29, 1.82) is 0 Å². The van der Waals surface area contributed by atoms with E-state index in [4.69, 9.17) is 9.97 Å². The zero-order valence-electron chi connectivity index (χ0n) is 43.4. The van der Waals surface area contributed by atoms with Gasteiger partial charge in [-0.25, -0.2) is 9.97 Å². The monoisotopic (exact) mass is 1010 g/mol. The second kappa shape index (κ2) is 15.1. The van der Waals surface area contributed by atoms with Gasteiger partial charge in [-0.05, 0) is 145 Å². The number of pyridine rings is 2. The molecule has 0 radical (unpaired) electrons. The summed E-state index contributed by atoms with van der Waals surface area (Å²) in [4.78, 5) is 11.7. The number of benzene rings is 9. The fourth-order valence-electron chi connectivity index (χ4n) is 14.3. The van der Waals surface area contributed by atoms with Crippen LogP contribution in [0.4, 0.5) is 0 Å². The van der Waals surface area contributed by atoms with E-state index < -0.39 is 32.3 Å². The lowest BCUT2D eigenvalue weighted by Gasteiger charge is -2.20. The maximum absolute atomic E-state index is 5.86. The van der Waals surface area contributed by atoms with Gasteiger partial charge in [-0.15, -0.1) is 0 Å². The lowest BCUT2D eigenvalue weighted by Crippen LogP contribution is -2.49. The summed E-state index contributed by atoms with van der Waals surface area (Å²) in [6, 6.07) is 75.0. The number of hydrogen-bond acceptors (Lipinski definition) is 2. The second-order valence-electron chi connectivity index (χ2n) is 23.7. The average Bonchev–Trinajstić information content (AvgIpc) is 4.05. The first-order valence-corrected chi connectivity index (χ1v) is 38.5. The van der Waals surface area contributed by atoms with E-state index in [1.165, 1.54) is 108 Å². The highest BCUT2D eigenvalue weighted by molar-refractivity contribution is 7.05. The summed E-state index contributed by atoms with van der Waals surface area (Å²) in [5.74, 6) is 0. The minimum Gasteiger partial charge on any atom is -0.245 e. The van der Waals surface area contributed by atoms with E-state index >= 15 is 0 Å². The first-order valence-electron chi connectivity index (χ1n) is 26.5. The lowest BCUT2D eigenvalue weighted by atomic mass is 9.91. The van der Waals surface area contributed by atoms with Crippen LogP contribution in [0, 0.1) is 0 Å². The van der Waals surface area contributed by atoms with Gasteiger partial charge in [0.25, 0.3) is 0 Å². The van der Waals surface area contributed by atoms with Crippen molar-refractivity contribution in [3.05, 3.63) is 194 Å². The quantitative estimate of drug-likeness (QED) is 0.130. The van der Waals surface area contributed by atoms with Gasteiger partial charge in [0.2, 0.25) is 0 Å². The third-order valence-corrected chi connectivity index (χ3v) is 32.6. The van der Waals surface area contributed by atoms with Crippen molar-refractivity contribution in [2.45, 2.75) is 52.4 Å². The van der Waals surface area contributed by atoms with E-state index in [1.807, 2.05) is 0 Å². The molecule has 0 atom stereocenters. The average molecular weight is 1010 g/mol. The zero-order valence-corrected chi connectivity index (χ0v) is 47.4. The molecule has 15 rings (SSSR count). The van der Waals surface area contributed by atoms with E-state index in [9.17, 15) is 0 Å². The summed E-state index contributed by atoms with van der Waals surface area (Å²) in [6.07, 6.45) is 0. The van der Waals surface area contributed by atoms with Crippen LogP contribution in [0.5, 0.6) is 0 Å². The molecule has 0 unspecified atom stereocenters. The molecule has 0 bridgehead atoms. The SMILES string of the molecule is C[Si]1(C)c2ccccc2-c2cc(-c3cc(-c4ccc5c(c4)-c4ccccc4[Si]5(C)C)c4ccc5c(-c6ccc7c(c6)-c6ccccc6[Si]7(C)C)cc(-c6ccc7c(c6)-c6ccccc6[Si]7(C)C)nc5c4n3)ccc21. The van der Waals surface area contributed by atoms with Crippen molar-refractivity contribution < 1.29 is 0 Å². The molecule has 6 heterocycles. The van der Waals surface area contributed by atoms with Gasteiger partial charge in [-0.3, -0.25) is 0 Å². The Hall–Kier alpha value is -7.33. The number of fused-ring (bicyclic) bond motifs is 15. The van der Waals surface area contributed by atoms with Gasteiger partial charge in [0.1, 0.15) is 32.3 Å². The van der Waals surface area contributed by atoms with Crippen LogP contribution in [0.3, 0.4) is 0 Å². The molecule has 4 aliphatic heterocycles. The third-order valence-electron chi connectivity index (χ3n) is 18.3. The van der Waals surface area contributed by atoms with E-state index in [0.29, 0.717) is 0 Å². The zero-order chi connectivity index (χ0) is 50.2. The standard InChI is InChI=1S/C68H56N2Si4/c1-71(2)59-21-13-9-17-45(59)53-35-41(25-31-63(53)71)51-39-57(43-27-33-65-55(37-43)47-19-11-15-23-61(47)73(65,5)6)69-67-49(51)29-30-50-52(42-26-32-64-54(36-42)46-18-10-14-22-60(46)72(64,3)4)40-58(70-68(50)67)44-28-34-66-56(38-44)48-20-12-16-24-62(48)74(66,7)8/h9-40H,1-8H3. The predicted molar refractivity (Wildman–Crippen MR) is 328 cm³/mol. The highest BCUT2D eigenvalue weighted by Gasteiger charge is 2.41. The molecule has 4 aliphatic rings. The van der Waals surface area contributed by atoms with Crippen LogP contribution in [0.25, 0.3) is 111 Å². The minimum atomic E-state index is -1.87. The molecule has 0 spiro atoms. The molecule has 2 aromatic heterocycles. The maximum Gasteiger partial charge on any atom is 0.113 e. The van der Waals surface area contributed by atoms with Gasteiger partial charge < -0.3 is 0 Å². The van der Waals surface area contributed by atoms with Gasteiger partial charge in [0, 0.05) is 21.9 Å². The molecule has 74 heavy (non-hydrogen) atoms. The normalized spacial score (nSPS) is 16.0. The minimum absolute atomic E-state index is 0.935. The third kappa shape index (κ3) is 5.96. The van der Waals surface area contributed by atoms with Gasteiger partial charge in [-0.2, -0.15) is 0 Å². The molecule has 0 fully saturated rings. The summed E-state index contributed by atoms with van der Waals surface area (Å²) in [5.41, 5.74) is 21.9. The summed E-state index contributed by atoms with van der Waals surface area (Å²) in [5, 5.41) is 14.3. The van der Waals surface area contributed by atoms with Crippen LogP contribution < -0.4 is 41.5 Å². The van der Waals surface area contributed by atoms with Crippen LogP contribution >= 0.6 is 0 Å². The molecule has 354 valence electrons. The van der Waals surface area contributed by atoms with Crippen molar-refractivity contribution >= 4 is 95.6 Å². The molecular formula is C68H56N2Si4. The van der Waals surface area contributed by atoms with E-state index in [-0.39, 0.29) is 0 Å². The Morgan fingerprint density at radius 1 is 0.230 bits per heavy atom. The van der Waals surface area contributed by atoms with Crippen LogP contribution in [0.2, 0.25) is 52.4 Å². The molecular weight excluding hydrogens is 957 g/mol. The Morgan fingerprint density at radius 3 is 0.797 bits per heavy atom. The number of hydrogen-bond donors (Lipinski definition) is 0. The smallest absolute Gasteiger partial charge is 0.113 e. The fraction of sp³-hybridized carbons (Fsp3) is 0.118. The molecule has 0 N–H and O–H groups in total. The molecule has 11 aromatic rings. The Balaban J connectivity index is 1.02. The first-order chi connectivity index (χ1) is 35.7. The number of nitrogens with zero attached hydrogens (tertiary/aromatic N) is 2. The van der Waals surface area contributed by atoms with Crippen LogP contribution in [0.15, 0.2) is 194 Å². The molecule has 0 saturated carbocycles. The highest BCUT2D eigenvalue weighted by atomic mass is 28.3. The van der Waals surface area contributed by atoms with Crippen molar-refractivity contribution in [2.75, 3.05) is 0 Å². The molecule has 0 amide bonds. The second-order valence-corrected chi connectivity index (χ2v) is 41.0. The Kier molecular flexibility index (Phi) is 9.04. The Labute approximate surface area is 438 Å². The van der Waals surface area contributed by atoms with Crippen molar-refractivity contribution in [1.82, 2.24) is 9.97 Å². The van der Waals surface area contributed by atoms with Crippen molar-refractivity contribution in [3.8, 4) is 89.3 Å². The van der Waals surface area contributed by atoms with Gasteiger partial charge in [0.15, 0.2) is 0 Å². The first kappa shape index (κ1) is 44.2. The van der Waals surface area contributed by atoms with Crippen LogP contribution in [0.1, 0.15) is 0 Å². The van der Waals surface area contributed by atoms with E-state index in [0.717, 1.165) is 44.3 Å². The van der Waals surface area contributed by atoms with Gasteiger partial charge in [-0.1, -0.05) is 210 Å². The highest BCUT2D eigenvalue weighted by Crippen LogP contribution is 2.43. The predicted octanol–water partition coefficient (Wildman–Crippen LogP) is 12.7. The summed E-state index contributed by atoms with van der Waals surface area (Å²) in [7, 11) is -7.48. The van der Waals surface area contributed by atoms with Crippen LogP contribution in [-0.2, 0) is 0 Å². The number of aromatic nitrogens is 2. The Morgan fingerprint density at radius 2 is 0.486 bits per heavy atom. The molecule has 2 nitrogen and oxygen atoms in total. The summed E-state index contributed by atoms with van der Waals surface area (Å²) in [6.45, 7) is 20.0.